The highest BCUT2D eigenvalue weighted by Gasteiger charge is 2.25. The summed E-state index contributed by atoms with van der Waals surface area (Å²) in [5.41, 5.74) is 4.22. The lowest BCUT2D eigenvalue weighted by molar-refractivity contribution is -0.176. The summed E-state index contributed by atoms with van der Waals surface area (Å²) in [6.45, 7) is 67.1. The highest BCUT2D eigenvalue weighted by atomic mass is 17.0. The van der Waals surface area contributed by atoms with Crippen molar-refractivity contribution in [2.75, 3.05) is 14.2 Å². The van der Waals surface area contributed by atoms with Crippen molar-refractivity contribution in [2.24, 2.45) is 0 Å². The van der Waals surface area contributed by atoms with Crippen LogP contribution >= 0.6 is 0 Å². The molecular formula is C84H136O19. The van der Waals surface area contributed by atoms with E-state index >= 15 is 0 Å². The lowest BCUT2D eigenvalue weighted by atomic mass is 9.86. The SMILES string of the molecule is CC.CC.CC.CC.CC.CC.CC(=O)Oc1ccc(O)cc1C(C)(C)C.CC(=O)Oc1ccc(O)cc1C(C)(C)C.CC(=O)Oc1ccc(OC(C)=O)c(C(C)(C)C)c1.CC(C)(C)c1cc(O)ccc1O.COc1ccc(O)c(C(C)(C)C)c1.COc1ccc(OC(C)=O)c(C(C)(C)C)c1.OO. The third-order valence-corrected chi connectivity index (χ3v) is 12.4. The second-order valence-corrected chi connectivity index (χ2v) is 26.9. The molecule has 0 atom stereocenters. The number of carbonyl (C=O) groups excluding carboxylic acids is 5. The van der Waals surface area contributed by atoms with Gasteiger partial charge in [0.2, 0.25) is 0 Å². The molecule has 6 rings (SSSR count). The molecular weight excluding hydrogens is 1310 g/mol. The third-order valence-electron chi connectivity index (χ3n) is 12.4. The molecule has 0 unspecified atom stereocenters. The van der Waals surface area contributed by atoms with Gasteiger partial charge in [-0.25, -0.2) is 0 Å². The maximum Gasteiger partial charge on any atom is 0.308 e. The molecule has 0 bridgehead atoms. The summed E-state index contributed by atoms with van der Waals surface area (Å²) in [6, 6.07) is 29.8. The van der Waals surface area contributed by atoms with Gasteiger partial charge in [-0.1, -0.05) is 208 Å². The molecule has 0 saturated heterocycles. The molecule has 0 fully saturated rings. The maximum absolute atomic E-state index is 11.0. The van der Waals surface area contributed by atoms with Gasteiger partial charge in [0.1, 0.15) is 69.0 Å². The second-order valence-electron chi connectivity index (χ2n) is 26.9. The van der Waals surface area contributed by atoms with Gasteiger partial charge in [0.05, 0.1) is 14.2 Å². The van der Waals surface area contributed by atoms with Gasteiger partial charge in [0, 0.05) is 68.0 Å². The molecule has 6 aromatic carbocycles. The number of rotatable bonds is 7. The Labute approximate surface area is 620 Å². The van der Waals surface area contributed by atoms with Crippen molar-refractivity contribution in [1.82, 2.24) is 0 Å². The minimum atomic E-state index is -0.380. The first-order valence-electron chi connectivity index (χ1n) is 35.0. The summed E-state index contributed by atoms with van der Waals surface area (Å²) in [5, 5.41) is 59.0. The van der Waals surface area contributed by atoms with Crippen LogP contribution in [0.2, 0.25) is 0 Å². The first-order chi connectivity index (χ1) is 47.5. The standard InChI is InChI=1S/C14H18O4.C13H18O3.2C12H16O3.C11H16O2.C10H14O2.6C2H6.H2O2/c1-9(15)17-11-6-7-13(18-10(2)16)12(8-11)14(3,4)5;1-9(14)16-12-7-6-10(15-5)8-11(12)13(2,3)4;2*1-8(13)15-11-6-5-9(14)7-10(11)12(2,3)4;1-11(2,3)9-7-8(13-4)5-6-10(9)12;1-10(2,3)8-6-7(11)4-5-9(8)12;7*1-2/h6-8H,1-5H3;6-8H,1-5H3;2*5-7,14H,1-4H3;5-7,12H,1-4H3;4-6,11-12H,1-3H3;6*1-2H3;1-2H. The van der Waals surface area contributed by atoms with Gasteiger partial charge < -0.3 is 58.7 Å². The average Bonchev–Trinajstić information content (AvgIpc) is 0.852. The highest BCUT2D eigenvalue weighted by Crippen LogP contribution is 2.39. The molecule has 0 amide bonds. The first-order valence-corrected chi connectivity index (χ1v) is 35.0. The number of carbonyl (C=O) groups is 5. The number of phenols is 5. The van der Waals surface area contributed by atoms with Crippen LogP contribution < -0.4 is 33.2 Å². The van der Waals surface area contributed by atoms with Gasteiger partial charge in [0.15, 0.2) is 0 Å². The lowest BCUT2D eigenvalue weighted by Gasteiger charge is -2.22. The predicted molar refractivity (Wildman–Crippen MR) is 422 cm³/mol. The molecule has 7 N–H and O–H groups in total. The Balaban J connectivity index is -0.000000208. The zero-order valence-corrected chi connectivity index (χ0v) is 69.9. The number of methoxy groups -OCH3 is 2. The van der Waals surface area contributed by atoms with Crippen molar-refractivity contribution in [1.29, 1.82) is 0 Å². The molecule has 0 aliphatic rings. The third kappa shape index (κ3) is 46.4. The quantitative estimate of drug-likeness (QED) is 0.0257. The largest absolute Gasteiger partial charge is 0.508 e. The average molecular weight is 1450 g/mol. The smallest absolute Gasteiger partial charge is 0.308 e. The number of phenolic OH excluding ortho intramolecular Hbond substituents is 5. The van der Waals surface area contributed by atoms with Gasteiger partial charge in [-0.05, 0) is 142 Å². The Morgan fingerprint density at radius 2 is 0.427 bits per heavy atom. The summed E-state index contributed by atoms with van der Waals surface area (Å²) >= 11 is 0. The minimum absolute atomic E-state index is 0.0569. The zero-order valence-electron chi connectivity index (χ0n) is 69.9. The predicted octanol–water partition coefficient (Wildman–Crippen LogP) is 22.3. The minimum Gasteiger partial charge on any atom is -0.508 e. The van der Waals surface area contributed by atoms with E-state index in [1.165, 1.54) is 58.9 Å². The normalized spacial score (nSPS) is 10.1. The monoisotopic (exact) mass is 1450 g/mol. The molecule has 19 nitrogen and oxygen atoms in total. The van der Waals surface area contributed by atoms with Gasteiger partial charge in [0.25, 0.3) is 0 Å². The number of aromatic hydroxyl groups is 5. The van der Waals surface area contributed by atoms with E-state index in [-0.39, 0.29) is 85.3 Å². The van der Waals surface area contributed by atoms with Crippen LogP contribution in [-0.2, 0) is 56.5 Å². The molecule has 0 saturated carbocycles. The van der Waals surface area contributed by atoms with Crippen LogP contribution in [0.1, 0.15) is 276 Å². The van der Waals surface area contributed by atoms with Crippen LogP contribution in [0.25, 0.3) is 0 Å². The molecule has 0 spiro atoms. The Kier molecular flexibility index (Phi) is 56.3. The number of hydrogen-bond donors (Lipinski definition) is 7. The van der Waals surface area contributed by atoms with Crippen LogP contribution in [0.15, 0.2) is 109 Å². The van der Waals surface area contributed by atoms with Crippen LogP contribution in [0, 0.1) is 0 Å². The number of benzene rings is 6. The van der Waals surface area contributed by atoms with E-state index in [0.29, 0.717) is 34.5 Å². The molecule has 0 heterocycles. The Morgan fingerprint density at radius 1 is 0.252 bits per heavy atom. The van der Waals surface area contributed by atoms with E-state index in [1.54, 1.807) is 87.0 Å². The van der Waals surface area contributed by atoms with Gasteiger partial charge in [-0.15, -0.1) is 0 Å². The molecule has 6 aromatic rings. The Bertz CT molecular complexity index is 3260. The van der Waals surface area contributed by atoms with Crippen LogP contribution in [0.4, 0.5) is 0 Å². The zero-order chi connectivity index (χ0) is 83.0. The van der Waals surface area contributed by atoms with Gasteiger partial charge >= 0.3 is 29.8 Å². The molecule has 0 aliphatic heterocycles. The second kappa shape index (κ2) is 53.9. The Hall–Kier alpha value is -8.81. The Morgan fingerprint density at radius 3 is 0.660 bits per heavy atom. The van der Waals surface area contributed by atoms with E-state index < -0.39 is 0 Å². The number of hydrogen-bond acceptors (Lipinski definition) is 19. The van der Waals surface area contributed by atoms with Crippen molar-refractivity contribution < 1.29 is 93.2 Å². The van der Waals surface area contributed by atoms with E-state index in [9.17, 15) is 49.5 Å². The molecule has 0 aliphatic carbocycles. The summed E-state index contributed by atoms with van der Waals surface area (Å²) in [5.74, 6) is 3.43. The van der Waals surface area contributed by atoms with Gasteiger partial charge in [-0.2, -0.15) is 0 Å². The van der Waals surface area contributed by atoms with E-state index in [1.807, 2.05) is 178 Å². The fourth-order valence-corrected chi connectivity index (χ4v) is 8.10. The van der Waals surface area contributed by atoms with Crippen molar-refractivity contribution in [3.8, 4) is 69.0 Å². The molecule has 19 heteroatoms. The van der Waals surface area contributed by atoms with E-state index in [2.05, 4.69) is 41.5 Å². The van der Waals surface area contributed by atoms with E-state index in [0.717, 1.165) is 44.9 Å². The van der Waals surface area contributed by atoms with Crippen LogP contribution in [0.3, 0.4) is 0 Å². The molecule has 0 radical (unpaired) electrons. The summed E-state index contributed by atoms with van der Waals surface area (Å²) in [7, 11) is 3.24. The van der Waals surface area contributed by atoms with Crippen molar-refractivity contribution >= 4 is 29.8 Å². The molecule has 103 heavy (non-hydrogen) atoms. The summed E-state index contributed by atoms with van der Waals surface area (Å²) < 4.78 is 35.8. The number of esters is 5. The van der Waals surface area contributed by atoms with Crippen molar-refractivity contribution in [3.63, 3.8) is 0 Å². The molecule has 586 valence electrons. The van der Waals surface area contributed by atoms with E-state index in [4.69, 9.17) is 43.7 Å². The fourth-order valence-electron chi connectivity index (χ4n) is 8.10. The fraction of sp³-hybridized carbons (Fsp3) is 0.512. The lowest BCUT2D eigenvalue weighted by Crippen LogP contribution is -2.15. The topological polar surface area (TPSA) is 292 Å². The van der Waals surface area contributed by atoms with Crippen LogP contribution in [0.5, 0.6) is 69.0 Å². The van der Waals surface area contributed by atoms with Crippen LogP contribution in [-0.4, -0.2) is 80.1 Å². The molecule has 0 aromatic heterocycles. The number of ether oxygens (including phenoxy) is 7. The van der Waals surface area contributed by atoms with Crippen molar-refractivity contribution in [3.05, 3.63) is 143 Å². The maximum atomic E-state index is 11.0. The first kappa shape index (κ1) is 108. The summed E-state index contributed by atoms with van der Waals surface area (Å²) in [6.07, 6.45) is 0. The highest BCUT2D eigenvalue weighted by molar-refractivity contribution is 5.73. The summed E-state index contributed by atoms with van der Waals surface area (Å²) in [4.78, 5) is 54.8. The van der Waals surface area contributed by atoms with Crippen molar-refractivity contribution in [2.45, 2.75) is 275 Å². The van der Waals surface area contributed by atoms with Gasteiger partial charge in [-0.3, -0.25) is 34.5 Å².